The molecule has 26 heavy (non-hydrogen) atoms. The Labute approximate surface area is 156 Å². The monoisotopic (exact) mass is 379 g/mol. The molecule has 1 N–H and O–H groups in total. The summed E-state index contributed by atoms with van der Waals surface area (Å²) in [6.07, 6.45) is -0.346. The van der Waals surface area contributed by atoms with E-state index in [-0.39, 0.29) is 28.9 Å². The van der Waals surface area contributed by atoms with Gasteiger partial charge in [-0.25, -0.2) is 9.18 Å². The Morgan fingerprint density at radius 2 is 1.85 bits per heavy atom. The quantitative estimate of drug-likeness (QED) is 0.722. The Morgan fingerprint density at radius 1 is 1.15 bits per heavy atom. The van der Waals surface area contributed by atoms with Crippen LogP contribution in [0.25, 0.3) is 0 Å². The fourth-order valence-corrected chi connectivity index (χ4v) is 2.45. The molecule has 1 atom stereocenters. The lowest BCUT2D eigenvalue weighted by Crippen LogP contribution is -2.32. The highest BCUT2D eigenvalue weighted by Crippen LogP contribution is 2.23. The molecule has 0 radical (unpaired) electrons. The van der Waals surface area contributed by atoms with Crippen LogP contribution in [-0.2, 0) is 9.53 Å². The second kappa shape index (κ2) is 9.20. The van der Waals surface area contributed by atoms with Crippen molar-refractivity contribution in [3.05, 3.63) is 58.9 Å². The number of carbonyl (C=O) groups excluding carboxylic acids is 2. The molecule has 7 heteroatoms. The molecule has 5 nitrogen and oxygen atoms in total. The Hall–Kier alpha value is -2.60. The summed E-state index contributed by atoms with van der Waals surface area (Å²) in [5.41, 5.74) is 0.648. The van der Waals surface area contributed by atoms with Gasteiger partial charge in [-0.05, 0) is 55.8 Å². The van der Waals surface area contributed by atoms with Gasteiger partial charge >= 0.3 is 5.97 Å². The maximum absolute atomic E-state index is 12.9. The van der Waals surface area contributed by atoms with Crippen LogP contribution in [0.5, 0.6) is 5.75 Å². The predicted octanol–water partition coefficient (Wildman–Crippen LogP) is 4.45. The van der Waals surface area contributed by atoms with Crippen molar-refractivity contribution in [1.29, 1.82) is 0 Å². The predicted molar refractivity (Wildman–Crippen MR) is 97.1 cm³/mol. The fourth-order valence-electron chi connectivity index (χ4n) is 2.19. The first-order valence-corrected chi connectivity index (χ1v) is 8.52. The molecule has 1 amide bonds. The lowest BCUT2D eigenvalue weighted by molar-refractivity contribution is -0.122. The van der Waals surface area contributed by atoms with Crippen LogP contribution in [0, 0.1) is 5.82 Å². The Bertz CT molecular complexity index is 780. The van der Waals surface area contributed by atoms with Crippen LogP contribution in [0.2, 0.25) is 5.02 Å². The Kier molecular flexibility index (Phi) is 6.97. The maximum atomic E-state index is 12.9. The minimum absolute atomic E-state index is 0.175. The van der Waals surface area contributed by atoms with E-state index in [1.807, 2.05) is 0 Å². The van der Waals surface area contributed by atoms with E-state index in [2.05, 4.69) is 5.32 Å². The Morgan fingerprint density at radius 3 is 2.42 bits per heavy atom. The third-order valence-electron chi connectivity index (χ3n) is 3.49. The number of benzene rings is 2. The molecule has 0 heterocycles. The molecule has 0 saturated carbocycles. The zero-order valence-electron chi connectivity index (χ0n) is 14.4. The van der Waals surface area contributed by atoms with Gasteiger partial charge in [0, 0.05) is 5.69 Å². The minimum Gasteiger partial charge on any atom is -0.481 e. The van der Waals surface area contributed by atoms with Crippen LogP contribution in [-0.4, -0.2) is 24.6 Å². The van der Waals surface area contributed by atoms with Crippen molar-refractivity contribution in [1.82, 2.24) is 0 Å². The summed E-state index contributed by atoms with van der Waals surface area (Å²) >= 11 is 6.08. The summed E-state index contributed by atoms with van der Waals surface area (Å²) in [6, 6.07) is 9.93. The lowest BCUT2D eigenvalue weighted by atomic mass is 10.2. The zero-order valence-corrected chi connectivity index (χ0v) is 15.2. The van der Waals surface area contributed by atoms with E-state index >= 15 is 0 Å². The number of rotatable bonds is 7. The molecule has 0 aliphatic carbocycles. The molecule has 2 rings (SSSR count). The lowest BCUT2D eigenvalue weighted by Gasteiger charge is -2.17. The molecular weight excluding hydrogens is 361 g/mol. The third kappa shape index (κ3) is 5.20. The molecule has 2 aromatic carbocycles. The molecule has 0 saturated heterocycles. The highest BCUT2D eigenvalue weighted by atomic mass is 35.5. The molecule has 0 aromatic heterocycles. The molecule has 1 unspecified atom stereocenters. The smallest absolute Gasteiger partial charge is 0.339 e. The van der Waals surface area contributed by atoms with Gasteiger partial charge in [0.2, 0.25) is 0 Å². The summed E-state index contributed by atoms with van der Waals surface area (Å²) in [5.74, 6) is -0.895. The van der Waals surface area contributed by atoms with Gasteiger partial charge in [-0.3, -0.25) is 4.79 Å². The van der Waals surface area contributed by atoms with Crippen LogP contribution < -0.4 is 10.1 Å². The average molecular weight is 380 g/mol. The van der Waals surface area contributed by atoms with Crippen LogP contribution >= 0.6 is 11.6 Å². The number of amides is 1. The minimum atomic E-state index is -0.760. The number of carbonyl (C=O) groups is 2. The molecule has 0 spiro atoms. The molecule has 138 valence electrons. The van der Waals surface area contributed by atoms with Gasteiger partial charge in [0.25, 0.3) is 5.91 Å². The topological polar surface area (TPSA) is 64.6 Å². The van der Waals surface area contributed by atoms with E-state index in [1.165, 1.54) is 36.4 Å². The number of hydrogen-bond acceptors (Lipinski definition) is 4. The number of anilines is 1. The fraction of sp³-hybridized carbons (Fsp3) is 0.263. The van der Waals surface area contributed by atoms with Gasteiger partial charge in [0.15, 0.2) is 6.10 Å². The summed E-state index contributed by atoms with van der Waals surface area (Å²) < 4.78 is 23.4. The number of hydrogen-bond donors (Lipinski definition) is 1. The number of esters is 1. The highest BCUT2D eigenvalue weighted by Gasteiger charge is 2.19. The number of ether oxygens (including phenoxy) is 2. The second-order valence-corrected chi connectivity index (χ2v) is 5.78. The summed E-state index contributed by atoms with van der Waals surface area (Å²) in [6.45, 7) is 3.74. The van der Waals surface area contributed by atoms with Gasteiger partial charge in [-0.2, -0.15) is 0 Å². The van der Waals surface area contributed by atoms with Gasteiger partial charge in [0.1, 0.15) is 11.6 Å². The highest BCUT2D eigenvalue weighted by molar-refractivity contribution is 6.34. The van der Waals surface area contributed by atoms with Crippen molar-refractivity contribution in [3.8, 4) is 5.75 Å². The van der Waals surface area contributed by atoms with Crippen molar-refractivity contribution in [2.45, 2.75) is 26.4 Å². The van der Waals surface area contributed by atoms with Gasteiger partial charge in [-0.1, -0.05) is 18.5 Å². The van der Waals surface area contributed by atoms with Crippen molar-refractivity contribution >= 4 is 29.2 Å². The van der Waals surface area contributed by atoms with Gasteiger partial charge in [0.05, 0.1) is 17.2 Å². The maximum Gasteiger partial charge on any atom is 0.339 e. The van der Waals surface area contributed by atoms with E-state index in [4.69, 9.17) is 21.1 Å². The average Bonchev–Trinajstić information content (AvgIpc) is 2.61. The van der Waals surface area contributed by atoms with E-state index in [9.17, 15) is 14.0 Å². The molecule has 0 fully saturated rings. The van der Waals surface area contributed by atoms with Crippen molar-refractivity contribution in [2.75, 3.05) is 11.9 Å². The van der Waals surface area contributed by atoms with Crippen molar-refractivity contribution in [3.63, 3.8) is 0 Å². The summed E-state index contributed by atoms with van der Waals surface area (Å²) in [7, 11) is 0. The summed E-state index contributed by atoms with van der Waals surface area (Å²) in [4.78, 5) is 24.1. The number of nitrogens with one attached hydrogen (secondary N) is 1. The van der Waals surface area contributed by atoms with E-state index < -0.39 is 12.1 Å². The van der Waals surface area contributed by atoms with E-state index in [1.54, 1.807) is 19.9 Å². The summed E-state index contributed by atoms with van der Waals surface area (Å²) in [5, 5.41) is 2.86. The third-order valence-corrected chi connectivity index (χ3v) is 3.80. The zero-order chi connectivity index (χ0) is 19.1. The first kappa shape index (κ1) is 19.7. The van der Waals surface area contributed by atoms with Crippen LogP contribution in [0.15, 0.2) is 42.5 Å². The molecule has 0 aliphatic heterocycles. The first-order chi connectivity index (χ1) is 12.4. The Balaban J connectivity index is 2.06. The first-order valence-electron chi connectivity index (χ1n) is 8.14. The van der Waals surface area contributed by atoms with E-state index in [0.717, 1.165) is 0 Å². The van der Waals surface area contributed by atoms with E-state index in [0.29, 0.717) is 17.9 Å². The normalized spacial score (nSPS) is 11.5. The molecule has 2 aromatic rings. The standard InChI is InChI=1S/C19H19ClFNO4/c1-3-17(26-14-8-5-12(21)6-9-14)18(23)22-13-7-10-15(16(20)11-13)19(24)25-4-2/h5-11,17H,3-4H2,1-2H3,(H,22,23). The van der Waals surface area contributed by atoms with Crippen molar-refractivity contribution in [2.24, 2.45) is 0 Å². The van der Waals surface area contributed by atoms with Gasteiger partial charge in [-0.15, -0.1) is 0 Å². The number of halogens is 2. The molecule has 0 bridgehead atoms. The van der Waals surface area contributed by atoms with Crippen LogP contribution in [0.1, 0.15) is 30.6 Å². The second-order valence-electron chi connectivity index (χ2n) is 5.37. The molecular formula is C19H19ClFNO4. The van der Waals surface area contributed by atoms with Crippen LogP contribution in [0.4, 0.5) is 10.1 Å². The molecule has 0 aliphatic rings. The van der Waals surface area contributed by atoms with Gasteiger partial charge < -0.3 is 14.8 Å². The SMILES string of the molecule is CCOC(=O)c1ccc(NC(=O)C(CC)Oc2ccc(F)cc2)cc1Cl. The van der Waals surface area contributed by atoms with Crippen LogP contribution in [0.3, 0.4) is 0 Å². The van der Waals surface area contributed by atoms with Crippen molar-refractivity contribution < 1.29 is 23.5 Å². The largest absolute Gasteiger partial charge is 0.481 e.